The van der Waals surface area contributed by atoms with Gasteiger partial charge >= 0.3 is 0 Å². The van der Waals surface area contributed by atoms with E-state index in [1.165, 1.54) is 0 Å². The minimum absolute atomic E-state index is 0.372. The number of sulfonamides is 1. The molecular formula is C13H22N2O2S. The van der Waals surface area contributed by atoms with Gasteiger partial charge in [0.15, 0.2) is 0 Å². The van der Waals surface area contributed by atoms with Crippen molar-refractivity contribution < 1.29 is 8.42 Å². The molecule has 0 aliphatic rings. The first-order valence-corrected chi connectivity index (χ1v) is 7.73. The van der Waals surface area contributed by atoms with Gasteiger partial charge in [0, 0.05) is 6.54 Å². The molecule has 0 radical (unpaired) electrons. The Bertz CT molecular complexity index is 484. The number of aryl methyl sites for hydroxylation is 2. The van der Waals surface area contributed by atoms with E-state index in [2.05, 4.69) is 10.0 Å². The molecule has 0 atom stereocenters. The summed E-state index contributed by atoms with van der Waals surface area (Å²) in [7, 11) is -3.37. The summed E-state index contributed by atoms with van der Waals surface area (Å²) in [5.41, 5.74) is 1.85. The molecule has 0 unspecified atom stereocenters. The number of hydrogen-bond donors (Lipinski definition) is 2. The fourth-order valence-corrected chi connectivity index (χ4v) is 3.07. The summed E-state index contributed by atoms with van der Waals surface area (Å²) in [5.74, 6) is 0. The highest BCUT2D eigenvalue weighted by Gasteiger charge is 2.15. The Labute approximate surface area is 110 Å². The molecule has 0 aliphatic carbocycles. The van der Waals surface area contributed by atoms with E-state index in [0.717, 1.165) is 30.6 Å². The molecule has 5 heteroatoms. The zero-order chi connectivity index (χ0) is 13.6. The van der Waals surface area contributed by atoms with Gasteiger partial charge < -0.3 is 5.32 Å². The number of rotatable bonds is 7. The average molecular weight is 270 g/mol. The van der Waals surface area contributed by atoms with Crippen molar-refractivity contribution in [3.63, 3.8) is 0 Å². The van der Waals surface area contributed by atoms with E-state index in [4.69, 9.17) is 0 Å². The van der Waals surface area contributed by atoms with E-state index >= 15 is 0 Å². The van der Waals surface area contributed by atoms with Crippen LogP contribution in [0.4, 0.5) is 0 Å². The van der Waals surface area contributed by atoms with Gasteiger partial charge in [0.05, 0.1) is 4.90 Å². The Kier molecular flexibility index (Phi) is 5.78. The third-order valence-corrected chi connectivity index (χ3v) is 4.31. The van der Waals surface area contributed by atoms with E-state index < -0.39 is 10.0 Å². The largest absolute Gasteiger partial charge is 0.317 e. The van der Waals surface area contributed by atoms with Crippen LogP contribution in [0.5, 0.6) is 0 Å². The monoisotopic (exact) mass is 270 g/mol. The van der Waals surface area contributed by atoms with Crippen LogP contribution < -0.4 is 10.0 Å². The normalized spacial score (nSPS) is 11.7. The molecule has 4 nitrogen and oxygen atoms in total. The van der Waals surface area contributed by atoms with E-state index in [1.807, 2.05) is 32.9 Å². The van der Waals surface area contributed by atoms with Gasteiger partial charge in [-0.3, -0.25) is 0 Å². The highest BCUT2D eigenvalue weighted by atomic mass is 32.2. The van der Waals surface area contributed by atoms with Gasteiger partial charge in [-0.05, 0) is 45.0 Å². The van der Waals surface area contributed by atoms with Crippen LogP contribution in [0.15, 0.2) is 23.1 Å². The highest BCUT2D eigenvalue weighted by Crippen LogP contribution is 2.15. The molecule has 0 saturated heterocycles. The third-order valence-electron chi connectivity index (χ3n) is 2.69. The molecule has 1 aromatic carbocycles. The molecule has 18 heavy (non-hydrogen) atoms. The second-order valence-electron chi connectivity index (χ2n) is 4.37. The third kappa shape index (κ3) is 4.40. The maximum Gasteiger partial charge on any atom is 0.240 e. The van der Waals surface area contributed by atoms with Crippen molar-refractivity contribution in [3.05, 3.63) is 29.3 Å². The number of hydrogen-bond acceptors (Lipinski definition) is 3. The van der Waals surface area contributed by atoms with Crippen molar-refractivity contribution in [2.45, 2.75) is 32.1 Å². The molecule has 0 aliphatic heterocycles. The SMILES string of the molecule is CCNCCCNS(=O)(=O)c1ccc(C)cc1C. The Balaban J connectivity index is 2.63. The molecule has 1 rings (SSSR count). The summed E-state index contributed by atoms with van der Waals surface area (Å²) < 4.78 is 26.8. The van der Waals surface area contributed by atoms with Gasteiger partial charge in [-0.25, -0.2) is 13.1 Å². The minimum atomic E-state index is -3.37. The van der Waals surface area contributed by atoms with Crippen LogP contribution in [-0.2, 0) is 10.0 Å². The zero-order valence-electron chi connectivity index (χ0n) is 11.3. The lowest BCUT2D eigenvalue weighted by atomic mass is 10.2. The van der Waals surface area contributed by atoms with Crippen LogP contribution in [0.2, 0.25) is 0 Å². The fraction of sp³-hybridized carbons (Fsp3) is 0.538. The van der Waals surface area contributed by atoms with Crippen LogP contribution in [0.3, 0.4) is 0 Å². The van der Waals surface area contributed by atoms with Gasteiger partial charge in [-0.15, -0.1) is 0 Å². The smallest absolute Gasteiger partial charge is 0.240 e. The molecule has 0 saturated carbocycles. The van der Waals surface area contributed by atoms with Gasteiger partial charge in [-0.1, -0.05) is 24.6 Å². The Morgan fingerprint density at radius 3 is 2.50 bits per heavy atom. The second-order valence-corrected chi connectivity index (χ2v) is 6.11. The molecule has 0 heterocycles. The standard InChI is InChI=1S/C13H22N2O2S/c1-4-14-8-5-9-15-18(16,17)13-7-6-11(2)10-12(13)3/h6-7,10,14-15H,4-5,8-9H2,1-3H3. The van der Waals surface area contributed by atoms with E-state index in [0.29, 0.717) is 11.4 Å². The number of benzene rings is 1. The Morgan fingerprint density at radius 2 is 1.89 bits per heavy atom. The summed E-state index contributed by atoms with van der Waals surface area (Å²) >= 11 is 0. The average Bonchev–Trinajstić information content (AvgIpc) is 2.28. The van der Waals surface area contributed by atoms with Gasteiger partial charge in [0.1, 0.15) is 0 Å². The summed E-state index contributed by atoms with van der Waals surface area (Å²) in [5, 5.41) is 3.16. The maximum atomic E-state index is 12.1. The van der Waals surface area contributed by atoms with Crippen molar-refractivity contribution in [1.82, 2.24) is 10.0 Å². The first-order chi connectivity index (χ1) is 8.47. The second kappa shape index (κ2) is 6.87. The summed E-state index contributed by atoms with van der Waals surface area (Å²) in [6.07, 6.45) is 0.790. The van der Waals surface area contributed by atoms with Crippen LogP contribution in [0, 0.1) is 13.8 Å². The van der Waals surface area contributed by atoms with E-state index in [-0.39, 0.29) is 0 Å². The molecule has 0 bridgehead atoms. The molecular weight excluding hydrogens is 248 g/mol. The van der Waals surface area contributed by atoms with Gasteiger partial charge in [0.2, 0.25) is 10.0 Å². The van der Waals surface area contributed by atoms with E-state index in [1.54, 1.807) is 6.07 Å². The Morgan fingerprint density at radius 1 is 1.17 bits per heavy atom. The molecule has 0 amide bonds. The van der Waals surface area contributed by atoms with Gasteiger partial charge in [-0.2, -0.15) is 0 Å². The van der Waals surface area contributed by atoms with Crippen molar-refractivity contribution in [1.29, 1.82) is 0 Å². The molecule has 102 valence electrons. The van der Waals surface area contributed by atoms with Crippen molar-refractivity contribution >= 4 is 10.0 Å². The highest BCUT2D eigenvalue weighted by molar-refractivity contribution is 7.89. The number of nitrogens with one attached hydrogen (secondary N) is 2. The summed E-state index contributed by atoms with van der Waals surface area (Å²) in [6.45, 7) is 7.99. The molecule has 1 aromatic rings. The fourth-order valence-electron chi connectivity index (χ4n) is 1.78. The van der Waals surface area contributed by atoms with Crippen molar-refractivity contribution in [2.75, 3.05) is 19.6 Å². The van der Waals surface area contributed by atoms with Crippen molar-refractivity contribution in [2.24, 2.45) is 0 Å². The summed E-state index contributed by atoms with van der Waals surface area (Å²) in [4.78, 5) is 0.372. The van der Waals surface area contributed by atoms with Crippen LogP contribution in [-0.4, -0.2) is 28.1 Å². The molecule has 0 fully saturated rings. The van der Waals surface area contributed by atoms with Crippen LogP contribution in [0.25, 0.3) is 0 Å². The molecule has 0 aromatic heterocycles. The topological polar surface area (TPSA) is 58.2 Å². The van der Waals surface area contributed by atoms with E-state index in [9.17, 15) is 8.42 Å². The first kappa shape index (κ1) is 15.1. The minimum Gasteiger partial charge on any atom is -0.317 e. The predicted molar refractivity (Wildman–Crippen MR) is 74.3 cm³/mol. The summed E-state index contributed by atoms with van der Waals surface area (Å²) in [6, 6.07) is 5.37. The molecule has 2 N–H and O–H groups in total. The first-order valence-electron chi connectivity index (χ1n) is 6.25. The lowest BCUT2D eigenvalue weighted by Crippen LogP contribution is -2.28. The lowest BCUT2D eigenvalue weighted by Gasteiger charge is -2.10. The maximum absolute atomic E-state index is 12.1. The van der Waals surface area contributed by atoms with Crippen LogP contribution in [0.1, 0.15) is 24.5 Å². The van der Waals surface area contributed by atoms with Crippen molar-refractivity contribution in [3.8, 4) is 0 Å². The van der Waals surface area contributed by atoms with Gasteiger partial charge in [0.25, 0.3) is 0 Å². The lowest BCUT2D eigenvalue weighted by molar-refractivity contribution is 0.574. The van der Waals surface area contributed by atoms with Crippen LogP contribution >= 0.6 is 0 Å². The Hall–Kier alpha value is -0.910. The molecule has 0 spiro atoms. The quantitative estimate of drug-likeness (QED) is 0.740. The predicted octanol–water partition coefficient (Wildman–Crippen LogP) is 1.58. The zero-order valence-corrected chi connectivity index (χ0v) is 12.1.